The Morgan fingerprint density at radius 1 is 1.56 bits per heavy atom. The minimum atomic E-state index is -0.222. The number of ether oxygens (including phenoxy) is 1. The van der Waals surface area contributed by atoms with Crippen molar-refractivity contribution in [1.82, 2.24) is 5.32 Å². The van der Waals surface area contributed by atoms with Gasteiger partial charge in [-0.25, -0.2) is 4.39 Å². The highest BCUT2D eigenvalue weighted by atomic mass is 79.9. The molecule has 0 saturated carbocycles. The summed E-state index contributed by atoms with van der Waals surface area (Å²) in [5.41, 5.74) is 0.629. The van der Waals surface area contributed by atoms with Crippen LogP contribution in [-0.4, -0.2) is 25.6 Å². The molecule has 0 amide bonds. The summed E-state index contributed by atoms with van der Waals surface area (Å²) in [5, 5.41) is 2.99. The van der Waals surface area contributed by atoms with E-state index in [4.69, 9.17) is 16.3 Å². The van der Waals surface area contributed by atoms with Gasteiger partial charge in [0.2, 0.25) is 0 Å². The minimum absolute atomic E-state index is 0.0940. The van der Waals surface area contributed by atoms with E-state index >= 15 is 0 Å². The Bertz CT molecular complexity index is 338. The normalized spacial score (nSPS) is 12.8. The lowest BCUT2D eigenvalue weighted by molar-refractivity contribution is 0.197. The molecule has 5 heteroatoms. The SMILES string of the molecule is COCC(Cl)CNCc1ccc(Br)cc1F. The van der Waals surface area contributed by atoms with Gasteiger partial charge in [0.25, 0.3) is 0 Å². The van der Waals surface area contributed by atoms with E-state index in [1.54, 1.807) is 13.2 Å². The molecule has 16 heavy (non-hydrogen) atoms. The number of methoxy groups -OCH3 is 1. The van der Waals surface area contributed by atoms with E-state index in [0.717, 1.165) is 4.47 Å². The number of halogens is 3. The Hall–Kier alpha value is -0.160. The predicted molar refractivity (Wildman–Crippen MR) is 67.3 cm³/mol. The fraction of sp³-hybridized carbons (Fsp3) is 0.455. The molecule has 1 atom stereocenters. The molecule has 1 rings (SSSR count). The molecule has 1 unspecified atom stereocenters. The van der Waals surface area contributed by atoms with Crippen molar-refractivity contribution < 1.29 is 9.13 Å². The van der Waals surface area contributed by atoms with Crippen LogP contribution in [0.1, 0.15) is 5.56 Å². The van der Waals surface area contributed by atoms with Gasteiger partial charge in [-0.15, -0.1) is 11.6 Å². The summed E-state index contributed by atoms with van der Waals surface area (Å²) in [5.74, 6) is -0.222. The standard InChI is InChI=1S/C11H14BrClFNO/c1-16-7-10(13)6-15-5-8-2-3-9(12)4-11(8)14/h2-4,10,15H,5-7H2,1H3. The molecule has 0 aliphatic rings. The summed E-state index contributed by atoms with van der Waals surface area (Å²) >= 11 is 9.13. The van der Waals surface area contributed by atoms with Crippen molar-refractivity contribution in [2.75, 3.05) is 20.3 Å². The van der Waals surface area contributed by atoms with Crippen molar-refractivity contribution in [3.8, 4) is 0 Å². The number of nitrogens with one attached hydrogen (secondary N) is 1. The highest BCUT2D eigenvalue weighted by Crippen LogP contribution is 2.15. The van der Waals surface area contributed by atoms with Crippen LogP contribution in [0.2, 0.25) is 0 Å². The van der Waals surface area contributed by atoms with E-state index in [9.17, 15) is 4.39 Å². The lowest BCUT2D eigenvalue weighted by atomic mass is 10.2. The van der Waals surface area contributed by atoms with Crippen LogP contribution in [0.25, 0.3) is 0 Å². The summed E-state index contributed by atoms with van der Waals surface area (Å²) in [7, 11) is 1.60. The zero-order valence-corrected chi connectivity index (χ0v) is 11.3. The first-order valence-corrected chi connectivity index (χ1v) is 6.14. The van der Waals surface area contributed by atoms with Crippen molar-refractivity contribution in [1.29, 1.82) is 0 Å². The zero-order chi connectivity index (χ0) is 12.0. The molecule has 90 valence electrons. The highest BCUT2D eigenvalue weighted by Gasteiger charge is 2.05. The molecule has 1 aromatic carbocycles. The molecule has 1 N–H and O–H groups in total. The zero-order valence-electron chi connectivity index (χ0n) is 8.97. The third-order valence-corrected chi connectivity index (χ3v) is 2.82. The molecular formula is C11H14BrClFNO. The molecule has 0 fully saturated rings. The van der Waals surface area contributed by atoms with Gasteiger partial charge >= 0.3 is 0 Å². The van der Waals surface area contributed by atoms with E-state index < -0.39 is 0 Å². The fourth-order valence-electron chi connectivity index (χ4n) is 1.27. The van der Waals surface area contributed by atoms with Gasteiger partial charge in [0.05, 0.1) is 12.0 Å². The maximum atomic E-state index is 13.4. The molecular weight excluding hydrogens is 296 g/mol. The molecule has 0 heterocycles. The van der Waals surface area contributed by atoms with Gasteiger partial charge in [0, 0.05) is 30.2 Å². The maximum Gasteiger partial charge on any atom is 0.128 e. The van der Waals surface area contributed by atoms with Crippen LogP contribution in [0.3, 0.4) is 0 Å². The van der Waals surface area contributed by atoms with E-state index in [1.807, 2.05) is 6.07 Å². The number of rotatable bonds is 6. The number of benzene rings is 1. The Kier molecular flexibility index (Phi) is 6.28. The van der Waals surface area contributed by atoms with Crippen molar-refractivity contribution in [3.63, 3.8) is 0 Å². The highest BCUT2D eigenvalue weighted by molar-refractivity contribution is 9.10. The molecule has 0 aliphatic carbocycles. The molecule has 0 saturated heterocycles. The minimum Gasteiger partial charge on any atom is -0.383 e. The Morgan fingerprint density at radius 2 is 2.31 bits per heavy atom. The molecule has 0 spiro atoms. The largest absolute Gasteiger partial charge is 0.383 e. The number of hydrogen-bond acceptors (Lipinski definition) is 2. The fourth-order valence-corrected chi connectivity index (χ4v) is 1.84. The number of hydrogen-bond donors (Lipinski definition) is 1. The topological polar surface area (TPSA) is 21.3 Å². The lowest BCUT2D eigenvalue weighted by Crippen LogP contribution is -2.26. The first-order valence-electron chi connectivity index (χ1n) is 4.91. The van der Waals surface area contributed by atoms with Crippen molar-refractivity contribution in [2.45, 2.75) is 11.9 Å². The summed E-state index contributed by atoms with van der Waals surface area (Å²) in [6, 6.07) is 5.00. The maximum absolute atomic E-state index is 13.4. The molecule has 0 bridgehead atoms. The smallest absolute Gasteiger partial charge is 0.128 e. The van der Waals surface area contributed by atoms with Gasteiger partial charge in [-0.2, -0.15) is 0 Å². The third kappa shape index (κ3) is 4.78. The first-order chi connectivity index (χ1) is 7.63. The quantitative estimate of drug-likeness (QED) is 0.816. The molecule has 0 radical (unpaired) electrons. The van der Waals surface area contributed by atoms with Crippen LogP contribution < -0.4 is 5.32 Å². The molecule has 0 aromatic heterocycles. The third-order valence-electron chi connectivity index (χ3n) is 2.04. The summed E-state index contributed by atoms with van der Waals surface area (Å²) in [6.07, 6.45) is 0. The Labute approximate surface area is 108 Å². The first kappa shape index (κ1) is 13.9. The summed E-state index contributed by atoms with van der Waals surface area (Å²) in [6.45, 7) is 1.54. The number of alkyl halides is 1. The van der Waals surface area contributed by atoms with E-state index in [0.29, 0.717) is 25.3 Å². The second-order valence-corrected chi connectivity index (χ2v) is 4.95. The van der Waals surface area contributed by atoms with Gasteiger partial charge < -0.3 is 10.1 Å². The van der Waals surface area contributed by atoms with Crippen LogP contribution in [-0.2, 0) is 11.3 Å². The van der Waals surface area contributed by atoms with Crippen molar-refractivity contribution >= 4 is 27.5 Å². The van der Waals surface area contributed by atoms with Crippen molar-refractivity contribution in [3.05, 3.63) is 34.1 Å². The van der Waals surface area contributed by atoms with Crippen LogP contribution in [0, 0.1) is 5.82 Å². The van der Waals surface area contributed by atoms with Gasteiger partial charge in [0.1, 0.15) is 5.82 Å². The summed E-state index contributed by atoms with van der Waals surface area (Å²) in [4.78, 5) is 0. The lowest BCUT2D eigenvalue weighted by Gasteiger charge is -2.10. The van der Waals surface area contributed by atoms with Crippen LogP contribution in [0.4, 0.5) is 4.39 Å². The van der Waals surface area contributed by atoms with Crippen molar-refractivity contribution in [2.24, 2.45) is 0 Å². The Morgan fingerprint density at radius 3 is 2.94 bits per heavy atom. The van der Waals surface area contributed by atoms with Crippen LogP contribution in [0.15, 0.2) is 22.7 Å². The van der Waals surface area contributed by atoms with Crippen LogP contribution in [0.5, 0.6) is 0 Å². The van der Waals surface area contributed by atoms with Gasteiger partial charge in [-0.1, -0.05) is 22.0 Å². The summed E-state index contributed by atoms with van der Waals surface area (Å²) < 4.78 is 19.0. The second kappa shape index (κ2) is 7.22. The Balaban J connectivity index is 2.37. The molecule has 1 aromatic rings. The average molecular weight is 311 g/mol. The average Bonchev–Trinajstić information content (AvgIpc) is 2.22. The van der Waals surface area contributed by atoms with E-state index in [-0.39, 0.29) is 11.2 Å². The van der Waals surface area contributed by atoms with E-state index in [1.165, 1.54) is 6.07 Å². The molecule has 2 nitrogen and oxygen atoms in total. The van der Waals surface area contributed by atoms with Gasteiger partial charge in [0.15, 0.2) is 0 Å². The predicted octanol–water partition coefficient (Wildman–Crippen LogP) is 2.93. The second-order valence-electron chi connectivity index (χ2n) is 3.42. The van der Waals surface area contributed by atoms with Gasteiger partial charge in [-0.05, 0) is 12.1 Å². The monoisotopic (exact) mass is 309 g/mol. The van der Waals surface area contributed by atoms with Gasteiger partial charge in [-0.3, -0.25) is 0 Å². The molecule has 0 aliphatic heterocycles. The van der Waals surface area contributed by atoms with Crippen LogP contribution >= 0.6 is 27.5 Å². The van der Waals surface area contributed by atoms with E-state index in [2.05, 4.69) is 21.2 Å².